The minimum absolute atomic E-state index is 0.214. The molecule has 3 nitrogen and oxygen atoms in total. The Balaban J connectivity index is 1.71. The highest BCUT2D eigenvalue weighted by Gasteiger charge is 2.18. The highest BCUT2D eigenvalue weighted by molar-refractivity contribution is 6.13. The zero-order valence-electron chi connectivity index (χ0n) is 15.7. The second kappa shape index (κ2) is 7.28. The Morgan fingerprint density at radius 2 is 1.78 bits per heavy atom. The van der Waals surface area contributed by atoms with Crippen LogP contribution in [-0.4, -0.2) is 16.5 Å². The minimum atomic E-state index is 0.214. The molecule has 0 atom stereocenters. The third-order valence-electron chi connectivity index (χ3n) is 5.07. The van der Waals surface area contributed by atoms with Gasteiger partial charge in [0.15, 0.2) is 0 Å². The molecule has 0 amide bonds. The number of aromatic nitrogens is 1. The van der Waals surface area contributed by atoms with Crippen LogP contribution in [0.25, 0.3) is 0 Å². The molecule has 0 spiro atoms. The van der Waals surface area contributed by atoms with E-state index in [2.05, 4.69) is 43.1 Å². The first-order chi connectivity index (χ1) is 13.1. The van der Waals surface area contributed by atoms with Crippen LogP contribution in [0.15, 0.2) is 65.8 Å². The molecule has 2 aromatic carbocycles. The lowest BCUT2D eigenvalue weighted by atomic mass is 9.98. The van der Waals surface area contributed by atoms with Gasteiger partial charge in [0.1, 0.15) is 5.78 Å². The molecular formula is C24H22N2O. The molecule has 3 heteroatoms. The maximum Gasteiger partial charge on any atom is 0.143 e. The van der Waals surface area contributed by atoms with Crippen molar-refractivity contribution in [3.63, 3.8) is 0 Å². The van der Waals surface area contributed by atoms with E-state index in [1.165, 1.54) is 16.7 Å². The van der Waals surface area contributed by atoms with Gasteiger partial charge in [-0.3, -0.25) is 14.8 Å². The molecule has 0 unspecified atom stereocenters. The zero-order valence-corrected chi connectivity index (χ0v) is 15.7. The number of hydrogen-bond donors (Lipinski definition) is 0. The Morgan fingerprint density at radius 1 is 0.926 bits per heavy atom. The third kappa shape index (κ3) is 3.87. The molecule has 0 aliphatic carbocycles. The van der Waals surface area contributed by atoms with Crippen molar-refractivity contribution in [1.82, 2.24) is 4.98 Å². The SMILES string of the molecule is Cc1cc2c(cc1C)N=C(c1cccc(Cc3ccccn3)c1)CC(=O)C2. The van der Waals surface area contributed by atoms with Crippen molar-refractivity contribution in [3.05, 3.63) is 94.3 Å². The summed E-state index contributed by atoms with van der Waals surface area (Å²) in [5, 5.41) is 0. The van der Waals surface area contributed by atoms with Gasteiger partial charge in [0, 0.05) is 31.2 Å². The Bertz CT molecular complexity index is 1040. The summed E-state index contributed by atoms with van der Waals surface area (Å²) in [6, 6.07) is 18.5. The Labute approximate surface area is 159 Å². The standard InChI is InChI=1S/C24H22N2O/c1-16-10-20-14-22(27)15-24(26-23(20)11-17(16)2)19-7-5-6-18(12-19)13-21-8-3-4-9-25-21/h3-12H,13-15H2,1-2H3. The van der Waals surface area contributed by atoms with Crippen LogP contribution < -0.4 is 0 Å². The Kier molecular flexibility index (Phi) is 4.68. The third-order valence-corrected chi connectivity index (χ3v) is 5.07. The maximum atomic E-state index is 12.5. The molecule has 0 saturated carbocycles. The van der Waals surface area contributed by atoms with E-state index in [1.807, 2.05) is 36.5 Å². The number of carbonyl (C=O) groups excluding carboxylic acids is 1. The number of ketones is 1. The molecule has 4 rings (SSSR count). The molecule has 134 valence electrons. The minimum Gasteiger partial charge on any atom is -0.299 e. The van der Waals surface area contributed by atoms with E-state index in [9.17, 15) is 4.79 Å². The number of Topliss-reactive ketones (excluding diaryl/α,β-unsaturated/α-hetero) is 1. The van der Waals surface area contributed by atoms with Crippen molar-refractivity contribution < 1.29 is 4.79 Å². The topological polar surface area (TPSA) is 42.3 Å². The first-order valence-electron chi connectivity index (χ1n) is 9.27. The van der Waals surface area contributed by atoms with Gasteiger partial charge in [-0.15, -0.1) is 0 Å². The van der Waals surface area contributed by atoms with Gasteiger partial charge in [-0.2, -0.15) is 0 Å². The van der Waals surface area contributed by atoms with Crippen LogP contribution in [0.4, 0.5) is 5.69 Å². The number of benzene rings is 2. The van der Waals surface area contributed by atoms with Gasteiger partial charge in [-0.1, -0.05) is 30.3 Å². The monoisotopic (exact) mass is 354 g/mol. The fraction of sp³-hybridized carbons (Fsp3) is 0.208. The summed E-state index contributed by atoms with van der Waals surface area (Å²) >= 11 is 0. The van der Waals surface area contributed by atoms with E-state index in [-0.39, 0.29) is 5.78 Å². The number of nitrogens with zero attached hydrogens (tertiary/aromatic N) is 2. The predicted octanol–water partition coefficient (Wildman–Crippen LogP) is 4.93. The molecule has 3 aromatic rings. The second-order valence-electron chi connectivity index (χ2n) is 7.21. The van der Waals surface area contributed by atoms with E-state index >= 15 is 0 Å². The molecule has 0 fully saturated rings. The number of aliphatic imine (C=N–C) groups is 1. The van der Waals surface area contributed by atoms with Gasteiger partial charge in [0.2, 0.25) is 0 Å². The van der Waals surface area contributed by atoms with Crippen molar-refractivity contribution in [2.45, 2.75) is 33.1 Å². The van der Waals surface area contributed by atoms with Gasteiger partial charge in [0.05, 0.1) is 11.4 Å². The van der Waals surface area contributed by atoms with Gasteiger partial charge >= 0.3 is 0 Å². The van der Waals surface area contributed by atoms with Crippen LogP contribution in [0.2, 0.25) is 0 Å². The van der Waals surface area contributed by atoms with Gasteiger partial charge < -0.3 is 0 Å². The molecule has 0 bridgehead atoms. The molecular weight excluding hydrogens is 332 g/mol. The molecule has 2 heterocycles. The Morgan fingerprint density at radius 3 is 2.59 bits per heavy atom. The zero-order chi connectivity index (χ0) is 18.8. The highest BCUT2D eigenvalue weighted by atomic mass is 16.1. The summed E-state index contributed by atoms with van der Waals surface area (Å²) in [5.41, 5.74) is 8.44. The normalized spacial score (nSPS) is 13.7. The van der Waals surface area contributed by atoms with E-state index in [0.717, 1.165) is 34.6 Å². The molecule has 1 aliphatic heterocycles. The number of pyridine rings is 1. The summed E-state index contributed by atoms with van der Waals surface area (Å²) in [7, 11) is 0. The van der Waals surface area contributed by atoms with Crippen LogP contribution >= 0.6 is 0 Å². The predicted molar refractivity (Wildman–Crippen MR) is 109 cm³/mol. The first-order valence-corrected chi connectivity index (χ1v) is 9.27. The van der Waals surface area contributed by atoms with Crippen LogP contribution in [0, 0.1) is 13.8 Å². The van der Waals surface area contributed by atoms with Gasteiger partial charge in [-0.05, 0) is 65.9 Å². The number of fused-ring (bicyclic) bond motifs is 1. The molecule has 27 heavy (non-hydrogen) atoms. The molecule has 0 saturated heterocycles. The Hall–Kier alpha value is -3.07. The van der Waals surface area contributed by atoms with Crippen molar-refractivity contribution in [2.75, 3.05) is 0 Å². The summed E-state index contributed by atoms with van der Waals surface area (Å²) in [6.45, 7) is 4.17. The summed E-state index contributed by atoms with van der Waals surface area (Å²) in [4.78, 5) is 21.8. The largest absolute Gasteiger partial charge is 0.299 e. The number of rotatable bonds is 3. The fourth-order valence-corrected chi connectivity index (χ4v) is 3.49. The van der Waals surface area contributed by atoms with Crippen molar-refractivity contribution >= 4 is 17.2 Å². The fourth-order valence-electron chi connectivity index (χ4n) is 3.49. The van der Waals surface area contributed by atoms with Gasteiger partial charge in [0.25, 0.3) is 0 Å². The van der Waals surface area contributed by atoms with E-state index in [1.54, 1.807) is 0 Å². The summed E-state index contributed by atoms with van der Waals surface area (Å²) in [6.07, 6.45) is 3.41. The summed E-state index contributed by atoms with van der Waals surface area (Å²) in [5.74, 6) is 0.214. The van der Waals surface area contributed by atoms with Crippen LogP contribution in [0.3, 0.4) is 0 Å². The lowest BCUT2D eigenvalue weighted by molar-refractivity contribution is -0.117. The number of carbonyl (C=O) groups is 1. The first kappa shape index (κ1) is 17.3. The molecule has 1 aromatic heterocycles. The molecule has 0 radical (unpaired) electrons. The molecule has 1 aliphatic rings. The average Bonchev–Trinajstić information content (AvgIpc) is 2.81. The van der Waals surface area contributed by atoms with Crippen molar-refractivity contribution in [2.24, 2.45) is 4.99 Å². The second-order valence-corrected chi connectivity index (χ2v) is 7.21. The van der Waals surface area contributed by atoms with E-state index in [0.29, 0.717) is 12.8 Å². The van der Waals surface area contributed by atoms with Gasteiger partial charge in [-0.25, -0.2) is 0 Å². The van der Waals surface area contributed by atoms with Crippen LogP contribution in [-0.2, 0) is 17.6 Å². The van der Waals surface area contributed by atoms with Crippen molar-refractivity contribution in [1.29, 1.82) is 0 Å². The highest BCUT2D eigenvalue weighted by Crippen LogP contribution is 2.29. The molecule has 0 N–H and O–H groups in total. The average molecular weight is 354 g/mol. The number of aryl methyl sites for hydroxylation is 2. The van der Waals surface area contributed by atoms with Crippen LogP contribution in [0.5, 0.6) is 0 Å². The van der Waals surface area contributed by atoms with Crippen molar-refractivity contribution in [3.8, 4) is 0 Å². The summed E-state index contributed by atoms with van der Waals surface area (Å²) < 4.78 is 0. The lowest BCUT2D eigenvalue weighted by Crippen LogP contribution is -2.09. The van der Waals surface area contributed by atoms with E-state index in [4.69, 9.17) is 4.99 Å². The smallest absolute Gasteiger partial charge is 0.143 e. The maximum absolute atomic E-state index is 12.5. The van der Waals surface area contributed by atoms with E-state index < -0.39 is 0 Å². The van der Waals surface area contributed by atoms with Crippen LogP contribution in [0.1, 0.15) is 39.9 Å². The lowest BCUT2D eigenvalue weighted by Gasteiger charge is -2.08. The quantitative estimate of drug-likeness (QED) is 0.669. The number of hydrogen-bond acceptors (Lipinski definition) is 3.